The largest absolute Gasteiger partial charge is 0.356 e. The molecule has 2 nitrogen and oxygen atoms in total. The zero-order valence-corrected chi connectivity index (χ0v) is 14.2. The fourth-order valence-electron chi connectivity index (χ4n) is 0.430. The van der Waals surface area contributed by atoms with Crippen LogP contribution < -0.4 is 0 Å². The first-order valence-corrected chi connectivity index (χ1v) is 6.35. The van der Waals surface area contributed by atoms with Crippen LogP contribution in [0.1, 0.15) is 41.0 Å². The van der Waals surface area contributed by atoms with Crippen molar-refractivity contribution in [2.24, 2.45) is 0 Å². The lowest BCUT2D eigenvalue weighted by Gasteiger charge is -2.08. The van der Waals surface area contributed by atoms with E-state index in [1.165, 1.54) is 0 Å². The summed E-state index contributed by atoms with van der Waals surface area (Å²) in [6.45, 7) is 23.0. The Labute approximate surface area is 122 Å². The highest BCUT2D eigenvalue weighted by Crippen LogP contribution is 1.93. The van der Waals surface area contributed by atoms with Crippen molar-refractivity contribution < 1.29 is 9.47 Å². The van der Waals surface area contributed by atoms with E-state index in [4.69, 9.17) is 9.47 Å². The summed E-state index contributed by atoms with van der Waals surface area (Å²) < 4.78 is 9.65. The van der Waals surface area contributed by atoms with E-state index in [2.05, 4.69) is 26.3 Å². The molecule has 0 atom stereocenters. The Kier molecular flexibility index (Phi) is 87.3. The summed E-state index contributed by atoms with van der Waals surface area (Å²) in [4.78, 5) is 0. The van der Waals surface area contributed by atoms with Gasteiger partial charge in [0.1, 0.15) is 0 Å². The van der Waals surface area contributed by atoms with Crippen LogP contribution in [0.15, 0.2) is 50.6 Å². The topological polar surface area (TPSA) is 18.5 Å². The first-order valence-electron chi connectivity index (χ1n) is 6.35. The van der Waals surface area contributed by atoms with Gasteiger partial charge < -0.3 is 9.47 Å². The molecule has 0 aromatic rings. The zero-order chi connectivity index (χ0) is 16.5. The first-order chi connectivity index (χ1) is 9.00. The maximum Gasteiger partial charge on any atom is 0.156 e. The lowest BCUT2D eigenvalue weighted by Crippen LogP contribution is -2.10. The van der Waals surface area contributed by atoms with Crippen molar-refractivity contribution in [1.29, 1.82) is 0 Å². The molecule has 0 saturated heterocycles. The SMILES string of the molecule is C=CC.C=CC.C=CC.C=CC.CCC(OC)OC. The van der Waals surface area contributed by atoms with Gasteiger partial charge >= 0.3 is 0 Å². The number of methoxy groups -OCH3 is 2. The van der Waals surface area contributed by atoms with Crippen molar-refractivity contribution >= 4 is 0 Å². The van der Waals surface area contributed by atoms with Crippen LogP contribution in [-0.2, 0) is 9.47 Å². The summed E-state index contributed by atoms with van der Waals surface area (Å²) in [5.41, 5.74) is 0. The normalized spacial score (nSPS) is 6.53. The van der Waals surface area contributed by atoms with Gasteiger partial charge in [-0.05, 0) is 34.1 Å². The third-order valence-electron chi connectivity index (χ3n) is 0.859. The standard InChI is InChI=1S/C5H12O2.4C3H6/c1-4-5(6-2)7-3;4*1-3-2/h5H,4H2,1-3H3;4*3H,1H2,2H3. The van der Waals surface area contributed by atoms with E-state index in [-0.39, 0.29) is 6.29 Å². The highest BCUT2D eigenvalue weighted by atomic mass is 16.7. The van der Waals surface area contributed by atoms with E-state index in [0.29, 0.717) is 0 Å². The van der Waals surface area contributed by atoms with Gasteiger partial charge in [0.25, 0.3) is 0 Å². The monoisotopic (exact) mass is 272 g/mol. The first kappa shape index (κ1) is 30.7. The third-order valence-corrected chi connectivity index (χ3v) is 0.859. The van der Waals surface area contributed by atoms with E-state index in [1.807, 2.05) is 34.6 Å². The third kappa shape index (κ3) is 157. The van der Waals surface area contributed by atoms with Crippen molar-refractivity contribution in [3.05, 3.63) is 50.6 Å². The smallest absolute Gasteiger partial charge is 0.156 e. The Morgan fingerprint density at radius 3 is 0.895 bits per heavy atom. The summed E-state index contributed by atoms with van der Waals surface area (Å²) in [7, 11) is 3.27. The van der Waals surface area contributed by atoms with Gasteiger partial charge in [-0.2, -0.15) is 0 Å². The summed E-state index contributed by atoms with van der Waals surface area (Å²) >= 11 is 0. The summed E-state index contributed by atoms with van der Waals surface area (Å²) in [6, 6.07) is 0. The molecule has 0 N–H and O–H groups in total. The van der Waals surface area contributed by atoms with Crippen LogP contribution in [-0.4, -0.2) is 20.5 Å². The van der Waals surface area contributed by atoms with Gasteiger partial charge in [0.2, 0.25) is 0 Å². The average Bonchev–Trinajstić information content (AvgIpc) is 2.35. The van der Waals surface area contributed by atoms with E-state index >= 15 is 0 Å². The second-order valence-electron chi connectivity index (χ2n) is 2.94. The number of rotatable bonds is 3. The average molecular weight is 272 g/mol. The molecule has 0 saturated carbocycles. The van der Waals surface area contributed by atoms with Crippen LogP contribution in [0.5, 0.6) is 0 Å². The number of hydrogen-bond donors (Lipinski definition) is 0. The zero-order valence-electron chi connectivity index (χ0n) is 14.2. The Hall–Kier alpha value is -1.12. The lowest BCUT2D eigenvalue weighted by atomic mass is 10.5. The van der Waals surface area contributed by atoms with Gasteiger partial charge in [0.05, 0.1) is 0 Å². The lowest BCUT2D eigenvalue weighted by molar-refractivity contribution is -0.103. The van der Waals surface area contributed by atoms with Gasteiger partial charge in [0.15, 0.2) is 6.29 Å². The molecule has 0 bridgehead atoms. The molecule has 19 heavy (non-hydrogen) atoms. The molecule has 0 aromatic carbocycles. The van der Waals surface area contributed by atoms with Crippen molar-refractivity contribution in [1.82, 2.24) is 0 Å². The molecule has 0 aromatic heterocycles. The summed E-state index contributed by atoms with van der Waals surface area (Å²) in [5, 5.41) is 0. The van der Waals surface area contributed by atoms with E-state index in [9.17, 15) is 0 Å². The van der Waals surface area contributed by atoms with E-state index in [0.717, 1.165) is 6.42 Å². The minimum absolute atomic E-state index is 0.0139. The predicted octanol–water partition coefficient (Wildman–Crippen LogP) is 5.78. The molecule has 0 aliphatic carbocycles. The fourth-order valence-corrected chi connectivity index (χ4v) is 0.430. The molecule has 116 valence electrons. The summed E-state index contributed by atoms with van der Waals surface area (Å²) in [5.74, 6) is 0. The van der Waals surface area contributed by atoms with Crippen LogP contribution in [0, 0.1) is 0 Å². The number of ether oxygens (including phenoxy) is 2. The minimum atomic E-state index is -0.0139. The van der Waals surface area contributed by atoms with Gasteiger partial charge in [-0.1, -0.05) is 31.2 Å². The van der Waals surface area contributed by atoms with E-state index in [1.54, 1.807) is 38.5 Å². The molecule has 0 amide bonds. The molecule has 0 aliphatic heterocycles. The molecule has 0 rings (SSSR count). The van der Waals surface area contributed by atoms with E-state index < -0.39 is 0 Å². The van der Waals surface area contributed by atoms with Crippen molar-refractivity contribution in [3.8, 4) is 0 Å². The van der Waals surface area contributed by atoms with Crippen molar-refractivity contribution in [2.45, 2.75) is 47.3 Å². The highest BCUT2D eigenvalue weighted by Gasteiger charge is 1.96. The molecule has 0 fully saturated rings. The quantitative estimate of drug-likeness (QED) is 0.478. The van der Waals surface area contributed by atoms with Crippen molar-refractivity contribution in [3.63, 3.8) is 0 Å². The van der Waals surface area contributed by atoms with Crippen LogP contribution >= 0.6 is 0 Å². The van der Waals surface area contributed by atoms with Crippen LogP contribution in [0.25, 0.3) is 0 Å². The van der Waals surface area contributed by atoms with Crippen molar-refractivity contribution in [2.75, 3.05) is 14.2 Å². The molecule has 0 radical (unpaired) electrons. The molecule has 0 aliphatic rings. The van der Waals surface area contributed by atoms with Gasteiger partial charge in [-0.25, -0.2) is 0 Å². The van der Waals surface area contributed by atoms with Crippen LogP contribution in [0.2, 0.25) is 0 Å². The maximum absolute atomic E-state index is 4.83. The number of allylic oxidation sites excluding steroid dienone is 4. The minimum Gasteiger partial charge on any atom is -0.356 e. The molecular formula is C17H36O2. The second-order valence-corrected chi connectivity index (χ2v) is 2.94. The maximum atomic E-state index is 4.83. The number of hydrogen-bond acceptors (Lipinski definition) is 2. The van der Waals surface area contributed by atoms with Gasteiger partial charge in [0, 0.05) is 14.2 Å². The highest BCUT2D eigenvalue weighted by molar-refractivity contribution is 4.52. The molecule has 0 spiro atoms. The Balaban J connectivity index is -0.0000000467. The molecule has 0 heterocycles. The fraction of sp³-hybridized carbons (Fsp3) is 0.529. The molecule has 0 unspecified atom stereocenters. The van der Waals surface area contributed by atoms with Gasteiger partial charge in [-0.15, -0.1) is 26.3 Å². The Morgan fingerprint density at radius 2 is 0.895 bits per heavy atom. The Bertz CT molecular complexity index is 118. The summed E-state index contributed by atoms with van der Waals surface area (Å²) in [6.07, 6.45) is 7.90. The predicted molar refractivity (Wildman–Crippen MR) is 91.6 cm³/mol. The van der Waals surface area contributed by atoms with Crippen LogP contribution in [0.3, 0.4) is 0 Å². The van der Waals surface area contributed by atoms with Gasteiger partial charge in [-0.3, -0.25) is 0 Å². The molecular weight excluding hydrogens is 236 g/mol. The molecule has 2 heteroatoms. The van der Waals surface area contributed by atoms with Crippen LogP contribution in [0.4, 0.5) is 0 Å². The Morgan fingerprint density at radius 1 is 0.737 bits per heavy atom. The second kappa shape index (κ2) is 54.0.